The van der Waals surface area contributed by atoms with Crippen LogP contribution < -0.4 is 4.74 Å². The zero-order valence-corrected chi connectivity index (χ0v) is 21.6. The number of aryl methyl sites for hydroxylation is 2. The van der Waals surface area contributed by atoms with Crippen molar-refractivity contribution in [1.82, 2.24) is 4.57 Å². The molecule has 6 nitrogen and oxygen atoms in total. The second kappa shape index (κ2) is 15.2. The van der Waals surface area contributed by atoms with Crippen molar-refractivity contribution in [3.05, 3.63) is 53.3 Å². The summed E-state index contributed by atoms with van der Waals surface area (Å²) in [5.74, 6) is -0.451. The van der Waals surface area contributed by atoms with E-state index in [1.54, 1.807) is 16.8 Å². The van der Waals surface area contributed by atoms with Crippen LogP contribution in [0.5, 0.6) is 5.75 Å². The molecule has 1 aromatic heterocycles. The van der Waals surface area contributed by atoms with Gasteiger partial charge in [-0.25, -0.2) is 0 Å². The Labute approximate surface area is 209 Å². The van der Waals surface area contributed by atoms with E-state index in [0.29, 0.717) is 24.2 Å². The number of ketones is 2. The molecule has 2 rings (SSSR count). The van der Waals surface area contributed by atoms with Crippen LogP contribution in [0.3, 0.4) is 0 Å². The smallest absolute Gasteiger partial charge is 0.303 e. The second-order valence-corrected chi connectivity index (χ2v) is 9.60. The van der Waals surface area contributed by atoms with Crippen molar-refractivity contribution in [3.8, 4) is 5.75 Å². The predicted molar refractivity (Wildman–Crippen MR) is 138 cm³/mol. The average molecular weight is 484 g/mol. The third-order valence-electron chi connectivity index (χ3n) is 6.11. The molecule has 6 heteroatoms. The van der Waals surface area contributed by atoms with Gasteiger partial charge < -0.3 is 14.4 Å². The number of Topliss-reactive ketones (excluding diaryl/α,β-unsaturated/α-hetero) is 2. The van der Waals surface area contributed by atoms with Gasteiger partial charge in [0, 0.05) is 29.8 Å². The molecule has 1 aromatic carbocycles. The molecule has 0 atom stereocenters. The molecule has 0 bridgehead atoms. The van der Waals surface area contributed by atoms with Gasteiger partial charge in [-0.15, -0.1) is 0 Å². The minimum Gasteiger partial charge on any atom is -0.486 e. The first-order valence-corrected chi connectivity index (χ1v) is 13.0. The molecule has 0 saturated heterocycles. The van der Waals surface area contributed by atoms with Gasteiger partial charge in [0.05, 0.1) is 6.54 Å². The molecule has 0 aliphatic heterocycles. The van der Waals surface area contributed by atoms with Gasteiger partial charge in [-0.3, -0.25) is 14.4 Å². The fourth-order valence-electron chi connectivity index (χ4n) is 4.06. The maximum atomic E-state index is 12.6. The van der Waals surface area contributed by atoms with Gasteiger partial charge >= 0.3 is 5.97 Å². The monoisotopic (exact) mass is 483 g/mol. The van der Waals surface area contributed by atoms with Gasteiger partial charge in [-0.1, -0.05) is 65.0 Å². The molecule has 0 amide bonds. The minimum atomic E-state index is -0.857. The summed E-state index contributed by atoms with van der Waals surface area (Å²) in [4.78, 5) is 35.9. The lowest BCUT2D eigenvalue weighted by Crippen LogP contribution is -2.19. The molecule has 192 valence electrons. The summed E-state index contributed by atoms with van der Waals surface area (Å²) in [6, 6.07) is 9.71. The average Bonchev–Trinajstić information content (AvgIpc) is 3.22. The normalized spacial score (nSPS) is 11.1. The molecule has 2 aromatic rings. The Morgan fingerprint density at radius 2 is 1.63 bits per heavy atom. The van der Waals surface area contributed by atoms with E-state index in [1.807, 2.05) is 26.0 Å². The van der Waals surface area contributed by atoms with Gasteiger partial charge in [-0.2, -0.15) is 0 Å². The van der Waals surface area contributed by atoms with E-state index in [4.69, 9.17) is 9.84 Å². The number of unbranched alkanes of at least 4 members (excludes halogenated alkanes) is 5. The highest BCUT2D eigenvalue weighted by molar-refractivity contribution is 5.97. The van der Waals surface area contributed by atoms with Crippen LogP contribution in [0, 0.1) is 5.92 Å². The van der Waals surface area contributed by atoms with E-state index in [0.717, 1.165) is 12.1 Å². The molecule has 1 heterocycles. The topological polar surface area (TPSA) is 85.6 Å². The lowest BCUT2D eigenvalue weighted by atomic mass is 10.0. The molecule has 0 aliphatic carbocycles. The molecule has 0 aliphatic rings. The summed E-state index contributed by atoms with van der Waals surface area (Å²) in [7, 11) is 0. The molecule has 0 fully saturated rings. The highest BCUT2D eigenvalue weighted by Crippen LogP contribution is 2.18. The third kappa shape index (κ3) is 10.5. The maximum Gasteiger partial charge on any atom is 0.303 e. The highest BCUT2D eigenvalue weighted by Gasteiger charge is 2.17. The quantitative estimate of drug-likeness (QED) is 0.199. The molecule has 35 heavy (non-hydrogen) atoms. The van der Waals surface area contributed by atoms with Gasteiger partial charge in [0.25, 0.3) is 0 Å². The van der Waals surface area contributed by atoms with Crippen molar-refractivity contribution in [1.29, 1.82) is 0 Å². The molecular weight excluding hydrogens is 442 g/mol. The fraction of sp³-hybridized carbons (Fsp3) is 0.552. The first-order chi connectivity index (χ1) is 16.8. The second-order valence-electron chi connectivity index (χ2n) is 9.60. The number of benzene rings is 1. The van der Waals surface area contributed by atoms with Crippen LogP contribution in [0.2, 0.25) is 0 Å². The van der Waals surface area contributed by atoms with Crippen LogP contribution in [0.25, 0.3) is 0 Å². The summed E-state index contributed by atoms with van der Waals surface area (Å²) in [5, 5.41) is 8.92. The number of hydrogen-bond acceptors (Lipinski definition) is 4. The number of aromatic nitrogens is 1. The van der Waals surface area contributed by atoms with E-state index in [9.17, 15) is 14.4 Å². The Kier molecular flexibility index (Phi) is 12.3. The summed E-state index contributed by atoms with van der Waals surface area (Å²) < 4.78 is 7.46. The molecular formula is C29H41NO5. The van der Waals surface area contributed by atoms with E-state index in [1.165, 1.54) is 44.1 Å². The van der Waals surface area contributed by atoms with Gasteiger partial charge in [0.1, 0.15) is 12.4 Å². The summed E-state index contributed by atoms with van der Waals surface area (Å²) >= 11 is 0. The number of carbonyl (C=O) groups excluding carboxylic acids is 2. The predicted octanol–water partition coefficient (Wildman–Crippen LogP) is 6.29. The van der Waals surface area contributed by atoms with Crippen LogP contribution in [0.1, 0.15) is 93.8 Å². The van der Waals surface area contributed by atoms with Crippen LogP contribution in [-0.2, 0) is 29.0 Å². The zero-order chi connectivity index (χ0) is 25.6. The van der Waals surface area contributed by atoms with E-state index >= 15 is 0 Å². The number of aliphatic carboxylic acids is 1. The van der Waals surface area contributed by atoms with Crippen LogP contribution in [0.4, 0.5) is 0 Å². The molecule has 0 radical (unpaired) electrons. The van der Waals surface area contributed by atoms with E-state index in [-0.39, 0.29) is 37.1 Å². The Balaban J connectivity index is 1.87. The summed E-state index contributed by atoms with van der Waals surface area (Å²) in [6.07, 6.45) is 11.4. The van der Waals surface area contributed by atoms with Crippen molar-refractivity contribution in [2.45, 2.75) is 91.5 Å². The number of carbonyl (C=O) groups is 3. The molecule has 0 spiro atoms. The molecule has 0 saturated carbocycles. The maximum absolute atomic E-state index is 12.6. The zero-order valence-electron chi connectivity index (χ0n) is 21.6. The van der Waals surface area contributed by atoms with E-state index in [2.05, 4.69) is 19.1 Å². The number of carboxylic acids is 1. The minimum absolute atomic E-state index is 0.00739. The van der Waals surface area contributed by atoms with Crippen molar-refractivity contribution in [3.63, 3.8) is 0 Å². The number of hydrogen-bond donors (Lipinski definition) is 1. The van der Waals surface area contributed by atoms with Crippen molar-refractivity contribution in [2.24, 2.45) is 5.92 Å². The number of carboxylic acid groups (broad SMARTS) is 1. The summed E-state index contributed by atoms with van der Waals surface area (Å²) in [5.41, 5.74) is 2.63. The van der Waals surface area contributed by atoms with Crippen molar-refractivity contribution >= 4 is 17.5 Å². The first-order valence-electron chi connectivity index (χ1n) is 13.0. The third-order valence-corrected chi connectivity index (χ3v) is 6.11. The Hall–Kier alpha value is -2.89. The van der Waals surface area contributed by atoms with Crippen molar-refractivity contribution in [2.75, 3.05) is 6.61 Å². The Morgan fingerprint density at radius 1 is 0.943 bits per heavy atom. The number of ether oxygens (including phenoxy) is 1. The number of nitrogens with zero attached hydrogens (tertiary/aromatic N) is 1. The summed E-state index contributed by atoms with van der Waals surface area (Å²) in [6.45, 7) is 5.93. The van der Waals surface area contributed by atoms with Gasteiger partial charge in [0.15, 0.2) is 11.6 Å². The Morgan fingerprint density at radius 3 is 2.29 bits per heavy atom. The standard InChI is InChI=1S/C29H41NO5/c1-4-5-6-7-8-9-11-23-14-16-27(17-15-23)35-21-26(31)20-30-19-24(29(34)22(2)3)18-25(30)12-10-13-28(32)33/h14-19,22H,4-13,20-21H2,1-3H3,(H,32,33). The van der Waals surface area contributed by atoms with Gasteiger partial charge in [0.2, 0.25) is 0 Å². The van der Waals surface area contributed by atoms with Gasteiger partial charge in [-0.05, 0) is 49.4 Å². The molecule has 0 unspecified atom stereocenters. The van der Waals surface area contributed by atoms with Crippen LogP contribution in [-0.4, -0.2) is 33.8 Å². The fourth-order valence-corrected chi connectivity index (χ4v) is 4.06. The van der Waals surface area contributed by atoms with Crippen LogP contribution >= 0.6 is 0 Å². The highest BCUT2D eigenvalue weighted by atomic mass is 16.5. The molecule has 1 N–H and O–H groups in total. The largest absolute Gasteiger partial charge is 0.486 e. The van der Waals surface area contributed by atoms with E-state index < -0.39 is 5.97 Å². The van der Waals surface area contributed by atoms with Crippen LogP contribution in [0.15, 0.2) is 36.5 Å². The lowest BCUT2D eigenvalue weighted by Gasteiger charge is -2.10. The van der Waals surface area contributed by atoms with Crippen molar-refractivity contribution < 1.29 is 24.2 Å². The lowest BCUT2D eigenvalue weighted by molar-refractivity contribution is -0.137. The first kappa shape index (κ1) is 28.3. The Bertz CT molecular complexity index is 942. The number of rotatable bonds is 18. The SMILES string of the molecule is CCCCCCCCc1ccc(OCC(=O)Cn2cc(C(=O)C(C)C)cc2CCCC(=O)O)cc1.